The van der Waals surface area contributed by atoms with Gasteiger partial charge in [-0.15, -0.1) is 0 Å². The highest BCUT2D eigenvalue weighted by atomic mass is 32.2. The number of carbonyl (C=O) groups excluding carboxylic acids is 2. The van der Waals surface area contributed by atoms with Crippen LogP contribution in [0.1, 0.15) is 27.2 Å². The zero-order valence-electron chi connectivity index (χ0n) is 11.5. The first kappa shape index (κ1) is 15.1. The molecule has 18 heavy (non-hydrogen) atoms. The molecule has 1 N–H and O–H groups in total. The predicted octanol–water partition coefficient (Wildman–Crippen LogP) is 0.128. The second kappa shape index (κ2) is 5.82. The molecule has 2 atom stereocenters. The maximum absolute atomic E-state index is 12.4. The third-order valence-corrected chi connectivity index (χ3v) is 3.74. The lowest BCUT2D eigenvalue weighted by Gasteiger charge is -2.32. The van der Waals surface area contributed by atoms with Gasteiger partial charge >= 0.3 is 0 Å². The van der Waals surface area contributed by atoms with E-state index < -0.39 is 16.8 Å². The number of hydrogen-bond donors (Lipinski definition) is 1. The van der Waals surface area contributed by atoms with Crippen LogP contribution in [-0.4, -0.2) is 52.1 Å². The van der Waals surface area contributed by atoms with Gasteiger partial charge in [0.15, 0.2) is 0 Å². The van der Waals surface area contributed by atoms with E-state index in [-0.39, 0.29) is 17.2 Å². The van der Waals surface area contributed by atoms with Gasteiger partial charge < -0.3 is 10.2 Å². The zero-order chi connectivity index (χ0) is 13.9. The van der Waals surface area contributed by atoms with Crippen LogP contribution in [0.5, 0.6) is 0 Å². The average Bonchev–Trinajstić information content (AvgIpc) is 2.36. The number of amides is 2. The van der Waals surface area contributed by atoms with Crippen LogP contribution >= 0.6 is 0 Å². The van der Waals surface area contributed by atoms with Crippen LogP contribution in [0.4, 0.5) is 0 Å². The van der Waals surface area contributed by atoms with Crippen molar-refractivity contribution in [2.75, 3.05) is 25.1 Å². The summed E-state index contributed by atoms with van der Waals surface area (Å²) < 4.78 is 11.1. The molecule has 1 aliphatic heterocycles. The molecule has 0 radical (unpaired) electrons. The van der Waals surface area contributed by atoms with Crippen LogP contribution in [0.15, 0.2) is 0 Å². The molecule has 0 saturated carbocycles. The van der Waals surface area contributed by atoms with E-state index in [1.807, 2.05) is 20.8 Å². The average molecular weight is 274 g/mol. The standard InChI is InChI=1S/C12H22N2O3S/c1-12(2,3)10-11(16)14(7-8-18(4)17)6-5-9(15)13-10/h10H,5-8H2,1-4H3,(H,13,15). The molecule has 6 heteroatoms. The third-order valence-electron chi connectivity index (χ3n) is 2.99. The number of nitrogens with zero attached hydrogens (tertiary/aromatic N) is 1. The van der Waals surface area contributed by atoms with E-state index in [0.717, 1.165) is 0 Å². The number of hydrogen-bond acceptors (Lipinski definition) is 3. The molecule has 2 unspecified atom stereocenters. The SMILES string of the molecule is CS(=O)CCN1CCC(=O)NC(C(C)(C)C)C1=O. The van der Waals surface area contributed by atoms with Crippen molar-refractivity contribution in [3.05, 3.63) is 0 Å². The lowest BCUT2D eigenvalue weighted by molar-refractivity contribution is -0.136. The minimum Gasteiger partial charge on any atom is -0.344 e. The second-order valence-corrected chi connectivity index (χ2v) is 7.27. The van der Waals surface area contributed by atoms with E-state index >= 15 is 0 Å². The molecule has 5 nitrogen and oxygen atoms in total. The molecular formula is C12H22N2O3S. The summed E-state index contributed by atoms with van der Waals surface area (Å²) in [4.78, 5) is 25.6. The topological polar surface area (TPSA) is 66.5 Å². The summed E-state index contributed by atoms with van der Waals surface area (Å²) in [5.41, 5.74) is -0.319. The van der Waals surface area contributed by atoms with Crippen molar-refractivity contribution < 1.29 is 13.8 Å². The Hall–Kier alpha value is -0.910. The molecule has 1 fully saturated rings. The van der Waals surface area contributed by atoms with Crippen LogP contribution in [0.25, 0.3) is 0 Å². The van der Waals surface area contributed by atoms with Gasteiger partial charge in [-0.2, -0.15) is 0 Å². The summed E-state index contributed by atoms with van der Waals surface area (Å²) in [5, 5.41) is 2.78. The fraction of sp³-hybridized carbons (Fsp3) is 0.833. The summed E-state index contributed by atoms with van der Waals surface area (Å²) in [6, 6.07) is -0.502. The molecule has 0 aromatic rings. The van der Waals surface area contributed by atoms with Crippen molar-refractivity contribution >= 4 is 22.6 Å². The third kappa shape index (κ3) is 4.08. The van der Waals surface area contributed by atoms with Gasteiger partial charge in [-0.3, -0.25) is 13.8 Å². The smallest absolute Gasteiger partial charge is 0.245 e. The van der Waals surface area contributed by atoms with Crippen molar-refractivity contribution in [3.8, 4) is 0 Å². The monoisotopic (exact) mass is 274 g/mol. The van der Waals surface area contributed by atoms with E-state index in [1.165, 1.54) is 0 Å². The van der Waals surface area contributed by atoms with Crippen LogP contribution in [0, 0.1) is 5.41 Å². The van der Waals surface area contributed by atoms with Gasteiger partial charge in [-0.05, 0) is 5.41 Å². The van der Waals surface area contributed by atoms with Crippen molar-refractivity contribution in [2.45, 2.75) is 33.2 Å². The lowest BCUT2D eigenvalue weighted by atomic mass is 9.86. The Bertz CT molecular complexity index is 363. The van der Waals surface area contributed by atoms with E-state index in [0.29, 0.717) is 25.3 Å². The van der Waals surface area contributed by atoms with E-state index in [1.54, 1.807) is 11.2 Å². The first-order valence-electron chi connectivity index (χ1n) is 6.10. The fourth-order valence-corrected chi connectivity index (χ4v) is 2.35. The van der Waals surface area contributed by atoms with Crippen LogP contribution in [-0.2, 0) is 20.4 Å². The van der Waals surface area contributed by atoms with Crippen LogP contribution in [0.2, 0.25) is 0 Å². The number of nitrogens with one attached hydrogen (secondary N) is 1. The second-order valence-electron chi connectivity index (χ2n) is 5.72. The summed E-state index contributed by atoms with van der Waals surface area (Å²) in [7, 11) is -0.928. The van der Waals surface area contributed by atoms with Gasteiger partial charge in [0.25, 0.3) is 0 Å². The van der Waals surface area contributed by atoms with Gasteiger partial charge in [0.1, 0.15) is 6.04 Å². The molecule has 1 saturated heterocycles. The number of rotatable bonds is 3. The molecule has 104 valence electrons. The van der Waals surface area contributed by atoms with E-state index in [9.17, 15) is 13.8 Å². The molecule has 0 aliphatic carbocycles. The first-order valence-corrected chi connectivity index (χ1v) is 7.82. The molecule has 0 aromatic carbocycles. The molecule has 1 rings (SSSR count). The van der Waals surface area contributed by atoms with Gasteiger partial charge in [-0.1, -0.05) is 20.8 Å². The molecule has 2 amide bonds. The first-order chi connectivity index (χ1) is 8.21. The Labute approximate surface area is 111 Å². The highest BCUT2D eigenvalue weighted by molar-refractivity contribution is 7.84. The van der Waals surface area contributed by atoms with Crippen molar-refractivity contribution in [1.82, 2.24) is 10.2 Å². The van der Waals surface area contributed by atoms with E-state index in [2.05, 4.69) is 5.32 Å². The van der Waals surface area contributed by atoms with Crippen LogP contribution < -0.4 is 5.32 Å². The Balaban J connectivity index is 2.83. The summed E-state index contributed by atoms with van der Waals surface area (Å²) in [6.45, 7) is 6.64. The minimum absolute atomic E-state index is 0.0706. The van der Waals surface area contributed by atoms with Crippen LogP contribution in [0.3, 0.4) is 0 Å². The maximum Gasteiger partial charge on any atom is 0.245 e. The quantitative estimate of drug-likeness (QED) is 0.795. The molecule has 0 bridgehead atoms. The highest BCUT2D eigenvalue weighted by Gasteiger charge is 2.37. The Kier molecular flexibility index (Phi) is 4.90. The Morgan fingerprint density at radius 2 is 2.00 bits per heavy atom. The molecule has 0 spiro atoms. The zero-order valence-corrected chi connectivity index (χ0v) is 12.3. The number of carbonyl (C=O) groups is 2. The van der Waals surface area contributed by atoms with Gasteiger partial charge in [0.05, 0.1) is 0 Å². The normalized spacial score (nSPS) is 23.6. The Morgan fingerprint density at radius 1 is 1.39 bits per heavy atom. The van der Waals surface area contributed by atoms with Crippen molar-refractivity contribution in [2.24, 2.45) is 5.41 Å². The van der Waals surface area contributed by atoms with Crippen molar-refractivity contribution in [3.63, 3.8) is 0 Å². The molecular weight excluding hydrogens is 252 g/mol. The summed E-state index contributed by atoms with van der Waals surface area (Å²) >= 11 is 0. The van der Waals surface area contributed by atoms with Gasteiger partial charge in [0, 0.05) is 42.3 Å². The molecule has 1 heterocycles. The van der Waals surface area contributed by atoms with Crippen molar-refractivity contribution in [1.29, 1.82) is 0 Å². The predicted molar refractivity (Wildman–Crippen MR) is 71.5 cm³/mol. The van der Waals surface area contributed by atoms with Gasteiger partial charge in [-0.25, -0.2) is 0 Å². The maximum atomic E-state index is 12.4. The van der Waals surface area contributed by atoms with E-state index in [4.69, 9.17) is 0 Å². The Morgan fingerprint density at radius 3 is 2.50 bits per heavy atom. The summed E-state index contributed by atoms with van der Waals surface area (Å²) in [6.07, 6.45) is 1.93. The van der Waals surface area contributed by atoms with Gasteiger partial charge in [0.2, 0.25) is 11.8 Å². The summed E-state index contributed by atoms with van der Waals surface area (Å²) in [5.74, 6) is 0.291. The largest absolute Gasteiger partial charge is 0.344 e. The lowest BCUT2D eigenvalue weighted by Crippen LogP contribution is -2.52. The fourth-order valence-electron chi connectivity index (χ4n) is 1.87. The minimum atomic E-state index is -0.928. The molecule has 0 aromatic heterocycles. The molecule has 1 aliphatic rings. The highest BCUT2D eigenvalue weighted by Crippen LogP contribution is 2.22.